The second-order valence-electron chi connectivity index (χ2n) is 5.41. The first-order valence-electron chi connectivity index (χ1n) is 5.76. The number of carbonyl (C=O) groups excluding carboxylic acids is 1. The molecule has 1 aromatic rings. The van der Waals surface area contributed by atoms with Gasteiger partial charge in [0.2, 0.25) is 0 Å². The van der Waals surface area contributed by atoms with E-state index in [0.29, 0.717) is 0 Å². The number of hydrogen-bond acceptors (Lipinski definition) is 2. The Bertz CT molecular complexity index is 448. The molecule has 1 aliphatic carbocycles. The fourth-order valence-corrected chi connectivity index (χ4v) is 3.47. The highest BCUT2D eigenvalue weighted by molar-refractivity contribution is 5.83. The highest BCUT2D eigenvalue weighted by Crippen LogP contribution is 2.52. The number of carbonyl (C=O) groups is 1. The number of nitrogen functional groups attached to an aromatic ring is 1. The maximum atomic E-state index is 11.8. The van der Waals surface area contributed by atoms with Crippen LogP contribution in [0.2, 0.25) is 0 Å². The lowest BCUT2D eigenvalue weighted by molar-refractivity contribution is -0.122. The lowest BCUT2D eigenvalue weighted by Gasteiger charge is -2.28. The van der Waals surface area contributed by atoms with E-state index in [1.54, 1.807) is 6.92 Å². The van der Waals surface area contributed by atoms with E-state index in [2.05, 4.69) is 26.8 Å². The van der Waals surface area contributed by atoms with Crippen molar-refractivity contribution in [3.63, 3.8) is 0 Å². The first-order chi connectivity index (χ1) is 7.37. The van der Waals surface area contributed by atoms with Gasteiger partial charge in [-0.3, -0.25) is 4.79 Å². The van der Waals surface area contributed by atoms with Crippen LogP contribution < -0.4 is 5.73 Å². The van der Waals surface area contributed by atoms with E-state index in [0.717, 1.165) is 5.69 Å². The zero-order valence-electron chi connectivity index (χ0n) is 10.4. The summed E-state index contributed by atoms with van der Waals surface area (Å²) < 4.78 is 0. The summed E-state index contributed by atoms with van der Waals surface area (Å²) in [4.78, 5) is 11.8. The monoisotopic (exact) mass is 217 g/mol. The summed E-state index contributed by atoms with van der Waals surface area (Å²) in [5.41, 5.74) is 9.16. The molecular weight excluding hydrogens is 198 g/mol. The third kappa shape index (κ3) is 1.29. The highest BCUT2D eigenvalue weighted by atomic mass is 16.1. The van der Waals surface area contributed by atoms with Crippen LogP contribution >= 0.6 is 0 Å². The van der Waals surface area contributed by atoms with E-state index >= 15 is 0 Å². The maximum Gasteiger partial charge on any atom is 0.134 e. The quantitative estimate of drug-likeness (QED) is 0.735. The molecule has 0 bridgehead atoms. The molecule has 2 N–H and O–H groups in total. The summed E-state index contributed by atoms with van der Waals surface area (Å²) in [5.74, 6) is 0.531. The predicted octanol–water partition coefficient (Wildman–Crippen LogP) is 2.87. The Morgan fingerprint density at radius 1 is 1.38 bits per heavy atom. The maximum absolute atomic E-state index is 11.8. The Morgan fingerprint density at radius 3 is 2.50 bits per heavy atom. The molecule has 1 aliphatic rings. The summed E-state index contributed by atoms with van der Waals surface area (Å²) in [6.07, 6.45) is 0. The molecule has 0 heterocycles. The van der Waals surface area contributed by atoms with Crippen molar-refractivity contribution in [2.45, 2.75) is 39.0 Å². The molecule has 0 fully saturated rings. The van der Waals surface area contributed by atoms with Gasteiger partial charge in [0.05, 0.1) is 0 Å². The van der Waals surface area contributed by atoms with Crippen LogP contribution in [-0.2, 0) is 10.2 Å². The van der Waals surface area contributed by atoms with Crippen molar-refractivity contribution >= 4 is 11.5 Å². The number of anilines is 1. The topological polar surface area (TPSA) is 43.1 Å². The molecule has 0 aliphatic heterocycles. The fourth-order valence-electron chi connectivity index (χ4n) is 3.47. The standard InChI is InChI=1S/C14H19NO/c1-8-12-10(6-5-7-11(12)15)14(3,4)13(8)9(2)16/h5-8,13H,15H2,1-4H3. The van der Waals surface area contributed by atoms with Gasteiger partial charge < -0.3 is 5.73 Å². The summed E-state index contributed by atoms with van der Waals surface area (Å²) >= 11 is 0. The zero-order chi connectivity index (χ0) is 12.1. The first-order valence-corrected chi connectivity index (χ1v) is 5.76. The Balaban J connectivity index is 2.66. The summed E-state index contributed by atoms with van der Waals surface area (Å²) in [5, 5.41) is 0. The van der Waals surface area contributed by atoms with Crippen LogP contribution in [0.25, 0.3) is 0 Å². The Hall–Kier alpha value is -1.31. The molecule has 0 radical (unpaired) electrons. The third-order valence-corrected chi connectivity index (χ3v) is 4.00. The van der Waals surface area contributed by atoms with E-state index in [1.807, 2.05) is 12.1 Å². The van der Waals surface area contributed by atoms with Gasteiger partial charge in [0.15, 0.2) is 0 Å². The average molecular weight is 217 g/mol. The van der Waals surface area contributed by atoms with E-state index in [1.165, 1.54) is 11.1 Å². The smallest absolute Gasteiger partial charge is 0.134 e. The minimum absolute atomic E-state index is 0.0483. The van der Waals surface area contributed by atoms with Crippen molar-refractivity contribution in [1.29, 1.82) is 0 Å². The molecule has 1 aromatic carbocycles. The number of fused-ring (bicyclic) bond motifs is 1. The number of Topliss-reactive ketones (excluding diaryl/α,β-unsaturated/α-hetero) is 1. The lowest BCUT2D eigenvalue weighted by Crippen LogP contribution is -2.30. The van der Waals surface area contributed by atoms with Gasteiger partial charge in [0.1, 0.15) is 5.78 Å². The van der Waals surface area contributed by atoms with Crippen LogP contribution in [0.15, 0.2) is 18.2 Å². The van der Waals surface area contributed by atoms with Crippen molar-refractivity contribution in [1.82, 2.24) is 0 Å². The van der Waals surface area contributed by atoms with Crippen LogP contribution in [0.5, 0.6) is 0 Å². The van der Waals surface area contributed by atoms with Crippen molar-refractivity contribution in [2.75, 3.05) is 5.73 Å². The van der Waals surface area contributed by atoms with Crippen molar-refractivity contribution in [3.8, 4) is 0 Å². The normalized spacial score (nSPS) is 26.5. The van der Waals surface area contributed by atoms with Gasteiger partial charge in [-0.1, -0.05) is 32.9 Å². The summed E-state index contributed by atoms with van der Waals surface area (Å²) in [7, 11) is 0. The van der Waals surface area contributed by atoms with Crippen LogP contribution in [0.4, 0.5) is 5.69 Å². The second-order valence-corrected chi connectivity index (χ2v) is 5.41. The number of rotatable bonds is 1. The third-order valence-electron chi connectivity index (χ3n) is 4.00. The second kappa shape index (κ2) is 3.34. The number of nitrogens with two attached hydrogens (primary N) is 1. The Kier molecular flexibility index (Phi) is 2.33. The summed E-state index contributed by atoms with van der Waals surface area (Å²) in [6.45, 7) is 8.07. The zero-order valence-corrected chi connectivity index (χ0v) is 10.4. The van der Waals surface area contributed by atoms with Gasteiger partial charge in [-0.2, -0.15) is 0 Å². The summed E-state index contributed by atoms with van der Waals surface area (Å²) in [6, 6.07) is 6.00. The lowest BCUT2D eigenvalue weighted by atomic mass is 9.74. The highest BCUT2D eigenvalue weighted by Gasteiger charge is 2.47. The minimum Gasteiger partial charge on any atom is -0.398 e. The van der Waals surface area contributed by atoms with Gasteiger partial charge in [0, 0.05) is 17.0 Å². The van der Waals surface area contributed by atoms with Gasteiger partial charge in [-0.25, -0.2) is 0 Å². The van der Waals surface area contributed by atoms with E-state index in [4.69, 9.17) is 5.73 Å². The molecule has 2 unspecified atom stereocenters. The van der Waals surface area contributed by atoms with Gasteiger partial charge in [0.25, 0.3) is 0 Å². The van der Waals surface area contributed by atoms with Crippen molar-refractivity contribution < 1.29 is 4.79 Å². The van der Waals surface area contributed by atoms with E-state index < -0.39 is 0 Å². The van der Waals surface area contributed by atoms with Gasteiger partial charge >= 0.3 is 0 Å². The Morgan fingerprint density at radius 2 is 2.00 bits per heavy atom. The minimum atomic E-state index is -0.101. The molecule has 0 aromatic heterocycles. The Labute approximate surface area is 96.8 Å². The predicted molar refractivity (Wildman–Crippen MR) is 66.5 cm³/mol. The molecular formula is C14H19NO. The molecule has 0 amide bonds. The van der Waals surface area contributed by atoms with E-state index in [-0.39, 0.29) is 23.0 Å². The number of hydrogen-bond donors (Lipinski definition) is 1. The molecule has 2 nitrogen and oxygen atoms in total. The molecule has 2 heteroatoms. The molecule has 2 atom stereocenters. The molecule has 0 saturated heterocycles. The molecule has 16 heavy (non-hydrogen) atoms. The fraction of sp³-hybridized carbons (Fsp3) is 0.500. The largest absolute Gasteiger partial charge is 0.398 e. The van der Waals surface area contributed by atoms with Gasteiger partial charge in [-0.15, -0.1) is 0 Å². The molecule has 86 valence electrons. The average Bonchev–Trinajstić information content (AvgIpc) is 2.35. The van der Waals surface area contributed by atoms with Crippen molar-refractivity contribution in [3.05, 3.63) is 29.3 Å². The number of benzene rings is 1. The SMILES string of the molecule is CC(=O)C1C(C)c2c(N)cccc2C1(C)C. The van der Waals surface area contributed by atoms with Crippen LogP contribution in [0.3, 0.4) is 0 Å². The molecule has 0 spiro atoms. The van der Waals surface area contributed by atoms with Crippen LogP contribution in [0, 0.1) is 5.92 Å². The first kappa shape index (κ1) is 11.2. The van der Waals surface area contributed by atoms with Crippen molar-refractivity contribution in [2.24, 2.45) is 5.92 Å². The number of ketones is 1. The van der Waals surface area contributed by atoms with E-state index in [9.17, 15) is 4.79 Å². The molecule has 0 saturated carbocycles. The van der Waals surface area contributed by atoms with Gasteiger partial charge in [-0.05, 0) is 30.0 Å². The van der Waals surface area contributed by atoms with Crippen LogP contribution in [-0.4, -0.2) is 5.78 Å². The molecule has 2 rings (SSSR count). The van der Waals surface area contributed by atoms with Crippen LogP contribution in [0.1, 0.15) is 44.7 Å².